The first-order valence-corrected chi connectivity index (χ1v) is 8.42. The van der Waals surface area contributed by atoms with E-state index in [-0.39, 0.29) is 10.8 Å². The van der Waals surface area contributed by atoms with E-state index >= 15 is 0 Å². The van der Waals surface area contributed by atoms with Crippen LogP contribution < -0.4 is 5.43 Å². The number of pyridine rings is 1. The summed E-state index contributed by atoms with van der Waals surface area (Å²) in [5.74, 6) is 0. The van der Waals surface area contributed by atoms with Crippen molar-refractivity contribution in [1.29, 1.82) is 0 Å². The molecule has 2 rings (SSSR count). The molecule has 0 aliphatic rings. The Labute approximate surface area is 143 Å². The maximum Gasteiger partial charge on any atom is 0.182 e. The molecule has 4 heteroatoms. The standard InChI is InChI=1S/C17H20ClNO.CH4S/c1-10-6-14(17(3,4)5)15(18)9-13(10)16-8-12(20)7-11(2)19-16;1-2/h6-9H,1-5H3,(H,19,20);2H,1H3. The van der Waals surface area contributed by atoms with Crippen LogP contribution in [0.4, 0.5) is 0 Å². The number of aromatic amines is 1. The number of rotatable bonds is 1. The van der Waals surface area contributed by atoms with Gasteiger partial charge in [-0.05, 0) is 42.7 Å². The number of H-pyrrole nitrogens is 1. The zero-order valence-electron chi connectivity index (χ0n) is 14.0. The largest absolute Gasteiger partial charge is 0.358 e. The summed E-state index contributed by atoms with van der Waals surface area (Å²) in [5.41, 5.74) is 4.88. The third kappa shape index (κ3) is 4.40. The molecule has 0 saturated heterocycles. The highest BCUT2D eigenvalue weighted by Crippen LogP contribution is 2.34. The van der Waals surface area contributed by atoms with Crippen LogP contribution >= 0.6 is 24.2 Å². The molecular weight excluding hydrogens is 314 g/mol. The Balaban J connectivity index is 0.00000116. The Morgan fingerprint density at radius 1 is 1.05 bits per heavy atom. The first-order chi connectivity index (χ1) is 10.2. The second-order valence-electron chi connectivity index (χ2n) is 6.31. The molecule has 0 amide bonds. The third-order valence-electron chi connectivity index (χ3n) is 3.39. The molecule has 0 fully saturated rings. The molecular formula is C18H24ClNOS. The molecule has 1 heterocycles. The van der Waals surface area contributed by atoms with Crippen molar-refractivity contribution in [2.75, 3.05) is 6.26 Å². The summed E-state index contributed by atoms with van der Waals surface area (Å²) in [6.45, 7) is 10.3. The van der Waals surface area contributed by atoms with Crippen LogP contribution in [0.25, 0.3) is 11.3 Å². The number of hydrogen-bond donors (Lipinski definition) is 2. The van der Waals surface area contributed by atoms with Gasteiger partial charge in [-0.15, -0.1) is 0 Å². The molecule has 22 heavy (non-hydrogen) atoms. The van der Waals surface area contributed by atoms with E-state index in [2.05, 4.69) is 44.5 Å². The van der Waals surface area contributed by atoms with Crippen LogP contribution in [0, 0.1) is 13.8 Å². The van der Waals surface area contributed by atoms with Gasteiger partial charge in [0, 0.05) is 34.1 Å². The molecule has 0 aliphatic heterocycles. The Bertz CT molecular complexity index is 714. The second kappa shape index (κ2) is 7.38. The molecule has 1 aromatic carbocycles. The van der Waals surface area contributed by atoms with Gasteiger partial charge in [-0.1, -0.05) is 38.4 Å². The lowest BCUT2D eigenvalue weighted by Gasteiger charge is -2.22. The lowest BCUT2D eigenvalue weighted by atomic mass is 9.85. The lowest BCUT2D eigenvalue weighted by Crippen LogP contribution is -2.12. The fourth-order valence-electron chi connectivity index (χ4n) is 2.37. The fraction of sp³-hybridized carbons (Fsp3) is 0.389. The minimum absolute atomic E-state index is 0.000384. The molecule has 2 aromatic rings. The van der Waals surface area contributed by atoms with Crippen molar-refractivity contribution >= 4 is 24.2 Å². The Morgan fingerprint density at radius 3 is 2.14 bits per heavy atom. The predicted molar refractivity (Wildman–Crippen MR) is 101 cm³/mol. The Kier molecular flexibility index (Phi) is 6.33. The first-order valence-electron chi connectivity index (χ1n) is 7.15. The van der Waals surface area contributed by atoms with Crippen LogP contribution in [-0.4, -0.2) is 11.2 Å². The number of thiol groups is 1. The van der Waals surface area contributed by atoms with Crippen LogP contribution in [-0.2, 0) is 5.41 Å². The summed E-state index contributed by atoms with van der Waals surface area (Å²) in [6.07, 6.45) is 1.69. The minimum atomic E-state index is 0.000384. The van der Waals surface area contributed by atoms with Crippen LogP contribution in [0.2, 0.25) is 5.02 Å². The average molecular weight is 338 g/mol. The van der Waals surface area contributed by atoms with Gasteiger partial charge in [0.05, 0.1) is 0 Å². The minimum Gasteiger partial charge on any atom is -0.358 e. The second-order valence-corrected chi connectivity index (χ2v) is 6.72. The molecule has 0 radical (unpaired) electrons. The van der Waals surface area contributed by atoms with E-state index in [4.69, 9.17) is 11.6 Å². The quantitative estimate of drug-likeness (QED) is 0.692. The highest BCUT2D eigenvalue weighted by Gasteiger charge is 2.19. The van der Waals surface area contributed by atoms with E-state index < -0.39 is 0 Å². The van der Waals surface area contributed by atoms with Gasteiger partial charge in [0.15, 0.2) is 5.43 Å². The summed E-state index contributed by atoms with van der Waals surface area (Å²) in [7, 11) is 0. The average Bonchev–Trinajstić information content (AvgIpc) is 2.41. The van der Waals surface area contributed by atoms with Crippen LogP contribution in [0.15, 0.2) is 29.1 Å². The molecule has 120 valence electrons. The summed E-state index contributed by atoms with van der Waals surface area (Å²) in [4.78, 5) is 14.9. The van der Waals surface area contributed by atoms with Gasteiger partial charge in [0.1, 0.15) is 0 Å². The summed E-state index contributed by atoms with van der Waals surface area (Å²) < 4.78 is 0. The summed E-state index contributed by atoms with van der Waals surface area (Å²) >= 11 is 9.95. The highest BCUT2D eigenvalue weighted by atomic mass is 35.5. The maximum absolute atomic E-state index is 11.7. The first kappa shape index (κ1) is 18.9. The molecule has 1 aromatic heterocycles. The van der Waals surface area contributed by atoms with Crippen molar-refractivity contribution in [3.8, 4) is 11.3 Å². The van der Waals surface area contributed by atoms with Gasteiger partial charge in [0.25, 0.3) is 0 Å². The Hall–Kier alpha value is -1.19. The number of halogens is 1. The normalized spacial score (nSPS) is 10.9. The van der Waals surface area contributed by atoms with Gasteiger partial charge in [-0.3, -0.25) is 4.79 Å². The van der Waals surface area contributed by atoms with Crippen molar-refractivity contribution in [1.82, 2.24) is 4.98 Å². The van der Waals surface area contributed by atoms with Gasteiger partial charge in [-0.25, -0.2) is 0 Å². The van der Waals surface area contributed by atoms with Crippen molar-refractivity contribution in [3.63, 3.8) is 0 Å². The molecule has 0 atom stereocenters. The number of benzene rings is 1. The van der Waals surface area contributed by atoms with Crippen molar-refractivity contribution < 1.29 is 0 Å². The zero-order valence-corrected chi connectivity index (χ0v) is 15.7. The van der Waals surface area contributed by atoms with Crippen LogP contribution in [0.1, 0.15) is 37.6 Å². The molecule has 2 nitrogen and oxygen atoms in total. The van der Waals surface area contributed by atoms with E-state index in [0.717, 1.165) is 33.1 Å². The van der Waals surface area contributed by atoms with Crippen LogP contribution in [0.5, 0.6) is 0 Å². The molecule has 0 unspecified atom stereocenters. The van der Waals surface area contributed by atoms with Gasteiger partial charge in [-0.2, -0.15) is 12.6 Å². The van der Waals surface area contributed by atoms with Crippen molar-refractivity contribution in [3.05, 3.63) is 56.3 Å². The van der Waals surface area contributed by atoms with E-state index in [1.54, 1.807) is 18.4 Å². The predicted octanol–water partition coefficient (Wildman–Crippen LogP) is 5.16. The summed E-state index contributed by atoms with van der Waals surface area (Å²) in [5, 5.41) is 0.737. The summed E-state index contributed by atoms with van der Waals surface area (Å²) in [6, 6.07) is 7.26. The van der Waals surface area contributed by atoms with E-state index in [0.29, 0.717) is 0 Å². The molecule has 0 bridgehead atoms. The third-order valence-corrected chi connectivity index (χ3v) is 3.70. The highest BCUT2D eigenvalue weighted by molar-refractivity contribution is 7.79. The van der Waals surface area contributed by atoms with Gasteiger partial charge in [0.2, 0.25) is 0 Å². The molecule has 1 N–H and O–H groups in total. The Morgan fingerprint density at radius 2 is 1.64 bits per heavy atom. The fourth-order valence-corrected chi connectivity index (χ4v) is 2.82. The van der Waals surface area contributed by atoms with Gasteiger partial charge < -0.3 is 4.98 Å². The maximum atomic E-state index is 11.7. The van der Waals surface area contributed by atoms with Crippen molar-refractivity contribution in [2.24, 2.45) is 0 Å². The van der Waals surface area contributed by atoms with Crippen molar-refractivity contribution in [2.45, 2.75) is 40.0 Å². The van der Waals surface area contributed by atoms with E-state index in [1.807, 2.05) is 19.9 Å². The monoisotopic (exact) mass is 337 g/mol. The zero-order chi connectivity index (χ0) is 17.1. The lowest BCUT2D eigenvalue weighted by molar-refractivity contribution is 0.590. The molecule has 0 spiro atoms. The van der Waals surface area contributed by atoms with E-state index in [9.17, 15) is 4.79 Å². The number of aromatic nitrogens is 1. The number of nitrogens with one attached hydrogen (secondary N) is 1. The van der Waals surface area contributed by atoms with Gasteiger partial charge >= 0.3 is 0 Å². The van der Waals surface area contributed by atoms with Crippen LogP contribution in [0.3, 0.4) is 0 Å². The number of aryl methyl sites for hydroxylation is 2. The smallest absolute Gasteiger partial charge is 0.182 e. The molecule has 0 aliphatic carbocycles. The molecule has 0 saturated carbocycles. The van der Waals surface area contributed by atoms with E-state index in [1.165, 1.54) is 0 Å². The number of hydrogen-bond acceptors (Lipinski definition) is 2. The topological polar surface area (TPSA) is 32.9 Å². The SMILES string of the molecule is CS.Cc1cc(=O)cc(-c2cc(Cl)c(C(C)(C)C)cc2C)[nH]1.